The minimum absolute atomic E-state index is 0.486. The highest BCUT2D eigenvalue weighted by molar-refractivity contribution is 5.73. The molecule has 0 bridgehead atoms. The number of hydrogen-bond donors (Lipinski definition) is 2. The van der Waals surface area contributed by atoms with Crippen molar-refractivity contribution in [3.8, 4) is 0 Å². The summed E-state index contributed by atoms with van der Waals surface area (Å²) in [6.07, 6.45) is 0. The fourth-order valence-electron chi connectivity index (χ4n) is 1.75. The number of aliphatic carboxylic acids is 1. The molecule has 4 nitrogen and oxygen atoms in total. The number of hydrogen-bond acceptors (Lipinski definition) is 3. The van der Waals surface area contributed by atoms with Crippen LogP contribution in [0.25, 0.3) is 0 Å². The third-order valence-corrected chi connectivity index (χ3v) is 2.84. The van der Waals surface area contributed by atoms with E-state index in [4.69, 9.17) is 5.11 Å². The van der Waals surface area contributed by atoms with Crippen LogP contribution in [0.1, 0.15) is 11.1 Å². The predicted octanol–water partition coefficient (Wildman–Crippen LogP) is 1.10. The van der Waals surface area contributed by atoms with Crippen LogP contribution in [-0.2, 0) is 11.3 Å². The zero-order valence-corrected chi connectivity index (χ0v) is 10.6. The molecule has 0 radical (unpaired) electrons. The molecule has 0 aliphatic carbocycles. The molecule has 0 amide bonds. The van der Waals surface area contributed by atoms with Crippen LogP contribution >= 0.6 is 0 Å². The molecule has 0 aliphatic heterocycles. The van der Waals surface area contributed by atoms with E-state index in [0.29, 0.717) is 6.54 Å². The van der Waals surface area contributed by atoms with Gasteiger partial charge in [0.2, 0.25) is 0 Å². The number of nitrogens with one attached hydrogen (secondary N) is 1. The maximum Gasteiger partial charge on any atom is 0.322 e. The van der Waals surface area contributed by atoms with E-state index in [2.05, 4.69) is 24.4 Å². The molecule has 4 heteroatoms. The summed E-state index contributed by atoms with van der Waals surface area (Å²) < 4.78 is 0. The molecule has 1 atom stereocenters. The van der Waals surface area contributed by atoms with Gasteiger partial charge in [-0.3, -0.25) is 9.69 Å². The van der Waals surface area contributed by atoms with Gasteiger partial charge in [0, 0.05) is 13.1 Å². The molecule has 1 aromatic carbocycles. The van der Waals surface area contributed by atoms with E-state index in [1.165, 1.54) is 11.1 Å². The Morgan fingerprint density at radius 3 is 2.65 bits per heavy atom. The largest absolute Gasteiger partial charge is 0.480 e. The summed E-state index contributed by atoms with van der Waals surface area (Å²) in [7, 11) is 3.60. The second-order valence-corrected chi connectivity index (χ2v) is 4.30. The molecule has 0 saturated carbocycles. The Bertz CT molecular complexity index is 379. The molecule has 0 aliphatic rings. The van der Waals surface area contributed by atoms with Crippen molar-refractivity contribution in [2.24, 2.45) is 0 Å². The van der Waals surface area contributed by atoms with Crippen LogP contribution < -0.4 is 5.32 Å². The van der Waals surface area contributed by atoms with Crippen molar-refractivity contribution in [1.29, 1.82) is 0 Å². The highest BCUT2D eigenvalue weighted by Gasteiger charge is 2.17. The Labute approximate surface area is 102 Å². The molecule has 0 aromatic heterocycles. The van der Waals surface area contributed by atoms with Crippen LogP contribution in [0, 0.1) is 6.92 Å². The Kier molecular flexibility index (Phi) is 5.12. The topological polar surface area (TPSA) is 52.6 Å². The minimum Gasteiger partial charge on any atom is -0.480 e. The Morgan fingerprint density at radius 1 is 1.47 bits per heavy atom. The van der Waals surface area contributed by atoms with E-state index in [0.717, 1.165) is 6.54 Å². The molecule has 1 unspecified atom stereocenters. The third-order valence-electron chi connectivity index (χ3n) is 2.84. The van der Waals surface area contributed by atoms with Gasteiger partial charge >= 0.3 is 5.97 Å². The molecule has 0 heterocycles. The number of likely N-dealkylation sites (N-methyl/N-ethyl adjacent to an activating group) is 2. The average Bonchev–Trinajstić information content (AvgIpc) is 2.28. The van der Waals surface area contributed by atoms with Gasteiger partial charge in [-0.2, -0.15) is 0 Å². The number of rotatable bonds is 6. The summed E-state index contributed by atoms with van der Waals surface area (Å²) >= 11 is 0. The van der Waals surface area contributed by atoms with Gasteiger partial charge in [-0.1, -0.05) is 24.3 Å². The number of carboxylic acid groups (broad SMARTS) is 1. The van der Waals surface area contributed by atoms with Crippen LogP contribution in [0.5, 0.6) is 0 Å². The second kappa shape index (κ2) is 6.37. The van der Waals surface area contributed by atoms with Crippen LogP contribution in [0.3, 0.4) is 0 Å². The number of benzene rings is 1. The summed E-state index contributed by atoms with van der Waals surface area (Å²) in [6, 6.07) is 7.62. The van der Waals surface area contributed by atoms with Gasteiger partial charge in [0.05, 0.1) is 0 Å². The first-order chi connectivity index (χ1) is 8.04. The summed E-state index contributed by atoms with van der Waals surface area (Å²) in [6.45, 7) is 3.31. The lowest BCUT2D eigenvalue weighted by atomic mass is 10.1. The first-order valence-electron chi connectivity index (χ1n) is 5.67. The maximum absolute atomic E-state index is 10.9. The summed E-state index contributed by atoms with van der Waals surface area (Å²) in [4.78, 5) is 12.9. The summed E-state index contributed by atoms with van der Waals surface area (Å²) in [5.41, 5.74) is 2.46. The molecule has 0 fully saturated rings. The van der Waals surface area contributed by atoms with Crippen molar-refractivity contribution < 1.29 is 9.90 Å². The zero-order chi connectivity index (χ0) is 12.8. The number of aryl methyl sites for hydroxylation is 1. The lowest BCUT2D eigenvalue weighted by Gasteiger charge is -2.21. The van der Waals surface area contributed by atoms with Gasteiger partial charge in [0.15, 0.2) is 0 Å². The third kappa shape index (κ3) is 4.17. The molecule has 1 aromatic rings. The molecule has 0 saturated heterocycles. The van der Waals surface area contributed by atoms with Crippen molar-refractivity contribution in [2.75, 3.05) is 20.6 Å². The van der Waals surface area contributed by atoms with Gasteiger partial charge in [0.25, 0.3) is 0 Å². The Morgan fingerprint density at radius 2 is 2.12 bits per heavy atom. The van der Waals surface area contributed by atoms with Gasteiger partial charge < -0.3 is 10.4 Å². The molecule has 1 rings (SSSR count). The highest BCUT2D eigenvalue weighted by Crippen LogP contribution is 2.09. The maximum atomic E-state index is 10.9. The lowest BCUT2D eigenvalue weighted by Crippen LogP contribution is -2.43. The fourth-order valence-corrected chi connectivity index (χ4v) is 1.75. The van der Waals surface area contributed by atoms with Gasteiger partial charge in [-0.15, -0.1) is 0 Å². The van der Waals surface area contributed by atoms with Crippen molar-refractivity contribution in [3.63, 3.8) is 0 Å². The normalized spacial score (nSPS) is 12.7. The number of carboxylic acids is 1. The second-order valence-electron chi connectivity index (χ2n) is 4.30. The minimum atomic E-state index is -0.816. The zero-order valence-electron chi connectivity index (χ0n) is 10.6. The molecule has 17 heavy (non-hydrogen) atoms. The molecule has 2 N–H and O–H groups in total. The molecular weight excluding hydrogens is 216 g/mol. The van der Waals surface area contributed by atoms with Gasteiger partial charge in [-0.05, 0) is 32.1 Å². The molecule has 94 valence electrons. The summed E-state index contributed by atoms with van der Waals surface area (Å²) in [5.74, 6) is -0.816. The summed E-state index contributed by atoms with van der Waals surface area (Å²) in [5, 5.41) is 11.7. The first kappa shape index (κ1) is 13.7. The Hall–Kier alpha value is -1.39. The van der Waals surface area contributed by atoms with Crippen LogP contribution in [-0.4, -0.2) is 42.7 Å². The number of nitrogens with zero attached hydrogens (tertiary/aromatic N) is 1. The average molecular weight is 236 g/mol. The first-order valence-corrected chi connectivity index (χ1v) is 5.67. The van der Waals surface area contributed by atoms with E-state index in [9.17, 15) is 4.79 Å². The van der Waals surface area contributed by atoms with Crippen LogP contribution in [0.15, 0.2) is 24.3 Å². The van der Waals surface area contributed by atoms with E-state index in [1.807, 2.05) is 24.1 Å². The van der Waals surface area contributed by atoms with E-state index >= 15 is 0 Å². The number of carbonyl (C=O) groups is 1. The standard InChI is InChI=1S/C13H20N2O2/c1-10-6-4-5-7-11(10)8-15(3)9-12(14-2)13(16)17/h4-7,12,14H,8-9H2,1-3H3,(H,16,17). The monoisotopic (exact) mass is 236 g/mol. The Balaban J connectivity index is 2.58. The van der Waals surface area contributed by atoms with E-state index in [1.54, 1.807) is 7.05 Å². The predicted molar refractivity (Wildman–Crippen MR) is 68.0 cm³/mol. The molecular formula is C13H20N2O2. The van der Waals surface area contributed by atoms with Crippen LogP contribution in [0.4, 0.5) is 0 Å². The fraction of sp³-hybridized carbons (Fsp3) is 0.462. The van der Waals surface area contributed by atoms with Crippen LogP contribution in [0.2, 0.25) is 0 Å². The molecule has 0 spiro atoms. The van der Waals surface area contributed by atoms with E-state index in [-0.39, 0.29) is 0 Å². The lowest BCUT2D eigenvalue weighted by molar-refractivity contribution is -0.139. The SMILES string of the molecule is CNC(CN(C)Cc1ccccc1C)C(=O)O. The highest BCUT2D eigenvalue weighted by atomic mass is 16.4. The van der Waals surface area contributed by atoms with Gasteiger partial charge in [0.1, 0.15) is 6.04 Å². The van der Waals surface area contributed by atoms with E-state index < -0.39 is 12.0 Å². The van der Waals surface area contributed by atoms with Crippen molar-refractivity contribution >= 4 is 5.97 Å². The van der Waals surface area contributed by atoms with Crippen molar-refractivity contribution in [3.05, 3.63) is 35.4 Å². The van der Waals surface area contributed by atoms with Crippen molar-refractivity contribution in [1.82, 2.24) is 10.2 Å². The van der Waals surface area contributed by atoms with Gasteiger partial charge in [-0.25, -0.2) is 0 Å². The van der Waals surface area contributed by atoms with Crippen molar-refractivity contribution in [2.45, 2.75) is 19.5 Å². The quantitative estimate of drug-likeness (QED) is 0.776. The smallest absolute Gasteiger partial charge is 0.322 e.